The predicted octanol–water partition coefficient (Wildman–Crippen LogP) is 0.113. The highest BCUT2D eigenvalue weighted by atomic mass is 32.1. The first-order valence-corrected chi connectivity index (χ1v) is 20.4. The van der Waals surface area contributed by atoms with Crippen LogP contribution in [-0.4, -0.2) is 113 Å². The molecule has 0 fully saturated rings. The summed E-state index contributed by atoms with van der Waals surface area (Å²) in [6.07, 6.45) is 11.1. The number of thiol groups is 1. The first-order chi connectivity index (χ1) is 25.4. The molecule has 5 amide bonds. The molecule has 5 atom stereocenters. The third-order valence-corrected chi connectivity index (χ3v) is 7.77. The van der Waals surface area contributed by atoms with Crippen molar-refractivity contribution in [3.63, 3.8) is 0 Å². The summed E-state index contributed by atoms with van der Waals surface area (Å²) in [4.78, 5) is 62.8. The Balaban J connectivity index is -0.00000159. The van der Waals surface area contributed by atoms with Gasteiger partial charge < -0.3 is 60.6 Å². The van der Waals surface area contributed by atoms with Gasteiger partial charge in [0.15, 0.2) is 0 Å². The lowest BCUT2D eigenvalue weighted by atomic mass is 10.1. The van der Waals surface area contributed by atoms with Crippen molar-refractivity contribution in [1.29, 1.82) is 0 Å². The van der Waals surface area contributed by atoms with E-state index < -0.39 is 30.2 Å². The molecule has 16 N–H and O–H groups in total. The Bertz CT molecular complexity index is 906. The lowest BCUT2D eigenvalue weighted by Crippen LogP contribution is -2.52. The standard InChI is InChI=1S/C31H64N10O5.C2H7N.C2H6.CH4S/c1-3-4-13-23(35)28(43)41-26(17-8-11-20-38-27(42)22(34)14-5-9-18-32)31(46)39-21-12-7-16-25(30(45)37-2)40-29(44)24(36)15-6-10-19-33;1-3-2;2*1-2/h22-26H,3-21,32-36H2,1-2H3,(H,37,45)(H,38,42)(H,39,46)(H,40,44)(H,41,43);3H,1-2H3;1-2H3;2H,1H3. The molecular formula is C36H81N11O5S. The van der Waals surface area contributed by atoms with Crippen LogP contribution in [0.2, 0.25) is 0 Å². The zero-order valence-corrected chi connectivity index (χ0v) is 35.1. The van der Waals surface area contributed by atoms with Crippen LogP contribution in [0.15, 0.2) is 0 Å². The average Bonchev–Trinajstić information content (AvgIpc) is 3.16. The van der Waals surface area contributed by atoms with Gasteiger partial charge in [0.05, 0.1) is 18.1 Å². The number of amides is 5. The average molecular weight is 780 g/mol. The molecule has 17 heteroatoms. The second-order valence-corrected chi connectivity index (χ2v) is 12.3. The number of nitrogens with two attached hydrogens (primary N) is 5. The van der Waals surface area contributed by atoms with Gasteiger partial charge in [-0.25, -0.2) is 0 Å². The molecule has 0 saturated carbocycles. The first kappa shape index (κ1) is 57.2. The third-order valence-electron chi connectivity index (χ3n) is 7.77. The summed E-state index contributed by atoms with van der Waals surface area (Å²) in [6, 6.07) is -3.54. The Hall–Kier alpha value is -2.54. The van der Waals surface area contributed by atoms with E-state index in [1.807, 2.05) is 34.9 Å². The SMILES string of the molecule is CC.CCCCC(N)C(=O)NC(CCCCNC(=O)C(N)CCCCN)C(=O)NCCCCC(NC(=O)C(N)CCCCN)C(=O)NC.CNC.CS. The summed E-state index contributed by atoms with van der Waals surface area (Å²) in [7, 11) is 5.25. The zero-order valence-electron chi connectivity index (χ0n) is 34.2. The van der Waals surface area contributed by atoms with Crippen molar-refractivity contribution in [1.82, 2.24) is 31.9 Å². The summed E-state index contributed by atoms with van der Waals surface area (Å²) in [5, 5.41) is 16.5. The molecule has 0 spiro atoms. The summed E-state index contributed by atoms with van der Waals surface area (Å²) in [5.41, 5.74) is 28.9. The predicted molar refractivity (Wildman–Crippen MR) is 222 cm³/mol. The van der Waals surface area contributed by atoms with Gasteiger partial charge in [-0.05, 0) is 104 Å². The Morgan fingerprint density at radius 2 is 0.849 bits per heavy atom. The fraction of sp³-hybridized carbons (Fsp3) is 0.861. The summed E-state index contributed by atoms with van der Waals surface area (Å²) in [6.45, 7) is 7.82. The van der Waals surface area contributed by atoms with Crippen molar-refractivity contribution in [3.8, 4) is 0 Å². The maximum Gasteiger partial charge on any atom is 0.242 e. The Labute approximate surface area is 326 Å². The second-order valence-electron chi connectivity index (χ2n) is 12.3. The maximum atomic E-state index is 13.1. The summed E-state index contributed by atoms with van der Waals surface area (Å²) in [5.74, 6) is -1.64. The van der Waals surface area contributed by atoms with E-state index in [1.54, 1.807) is 6.26 Å². The van der Waals surface area contributed by atoms with E-state index in [4.69, 9.17) is 28.7 Å². The molecule has 0 aromatic rings. The zero-order chi connectivity index (χ0) is 41.5. The van der Waals surface area contributed by atoms with Crippen molar-refractivity contribution < 1.29 is 24.0 Å². The maximum absolute atomic E-state index is 13.1. The number of rotatable bonds is 28. The van der Waals surface area contributed by atoms with Crippen LogP contribution in [0, 0.1) is 0 Å². The fourth-order valence-corrected chi connectivity index (χ4v) is 4.73. The van der Waals surface area contributed by atoms with Gasteiger partial charge in [-0.2, -0.15) is 12.6 Å². The van der Waals surface area contributed by atoms with Crippen LogP contribution >= 0.6 is 12.6 Å². The van der Waals surface area contributed by atoms with Gasteiger partial charge in [-0.1, -0.05) is 46.5 Å². The minimum Gasteiger partial charge on any atom is -0.357 e. The second kappa shape index (κ2) is 42.2. The molecule has 0 heterocycles. The van der Waals surface area contributed by atoms with Crippen LogP contribution in [0.3, 0.4) is 0 Å². The van der Waals surface area contributed by atoms with Crippen LogP contribution in [0.1, 0.15) is 117 Å². The van der Waals surface area contributed by atoms with E-state index in [1.165, 1.54) is 7.05 Å². The van der Waals surface area contributed by atoms with E-state index in [9.17, 15) is 24.0 Å². The van der Waals surface area contributed by atoms with Crippen LogP contribution in [0.25, 0.3) is 0 Å². The molecule has 0 aromatic heterocycles. The topological polar surface area (TPSA) is 288 Å². The number of carbonyl (C=O) groups is 5. The van der Waals surface area contributed by atoms with E-state index in [0.717, 1.165) is 38.5 Å². The van der Waals surface area contributed by atoms with E-state index in [2.05, 4.69) is 44.5 Å². The van der Waals surface area contributed by atoms with Gasteiger partial charge in [0.1, 0.15) is 12.1 Å². The Morgan fingerprint density at radius 1 is 0.509 bits per heavy atom. The fourth-order valence-electron chi connectivity index (χ4n) is 4.73. The van der Waals surface area contributed by atoms with E-state index >= 15 is 0 Å². The number of hydrogen-bond donors (Lipinski definition) is 12. The molecule has 316 valence electrons. The first-order valence-electron chi connectivity index (χ1n) is 19.5. The minimum absolute atomic E-state index is 0.218. The highest BCUT2D eigenvalue weighted by Gasteiger charge is 2.25. The molecule has 0 saturated heterocycles. The number of nitrogens with one attached hydrogen (secondary N) is 6. The molecule has 0 rings (SSSR count). The molecule has 0 aromatic carbocycles. The largest absolute Gasteiger partial charge is 0.357 e. The third kappa shape index (κ3) is 33.7. The van der Waals surface area contributed by atoms with Crippen molar-refractivity contribution in [2.45, 2.75) is 147 Å². The van der Waals surface area contributed by atoms with Gasteiger partial charge in [-0.3, -0.25) is 24.0 Å². The number of carbonyl (C=O) groups excluding carboxylic acids is 5. The molecule has 53 heavy (non-hydrogen) atoms. The van der Waals surface area contributed by atoms with Gasteiger partial charge in [0.2, 0.25) is 29.5 Å². The van der Waals surface area contributed by atoms with Gasteiger partial charge in [0, 0.05) is 20.1 Å². The van der Waals surface area contributed by atoms with E-state index in [0.29, 0.717) is 84.0 Å². The Kier molecular flexibility index (Phi) is 45.5. The smallest absolute Gasteiger partial charge is 0.242 e. The number of likely N-dealkylation sites (N-methyl/N-ethyl adjacent to an activating group) is 1. The number of unbranched alkanes of at least 4 members (excludes halogenated alkanes) is 5. The van der Waals surface area contributed by atoms with Crippen LogP contribution in [-0.2, 0) is 24.0 Å². The van der Waals surface area contributed by atoms with Crippen LogP contribution < -0.4 is 60.6 Å². The Morgan fingerprint density at radius 3 is 1.23 bits per heavy atom. The molecule has 0 aliphatic heterocycles. The van der Waals surface area contributed by atoms with Crippen molar-refractivity contribution in [2.75, 3.05) is 53.6 Å². The molecule has 0 aliphatic carbocycles. The minimum atomic E-state index is -0.784. The molecule has 0 aliphatic rings. The van der Waals surface area contributed by atoms with Crippen LogP contribution in [0.5, 0.6) is 0 Å². The van der Waals surface area contributed by atoms with Crippen LogP contribution in [0.4, 0.5) is 0 Å². The van der Waals surface area contributed by atoms with Gasteiger partial charge >= 0.3 is 0 Å². The molecule has 0 radical (unpaired) electrons. The summed E-state index contributed by atoms with van der Waals surface area (Å²) < 4.78 is 0. The lowest BCUT2D eigenvalue weighted by Gasteiger charge is -2.21. The van der Waals surface area contributed by atoms with Crippen molar-refractivity contribution >= 4 is 42.2 Å². The summed E-state index contributed by atoms with van der Waals surface area (Å²) >= 11 is 3.53. The van der Waals surface area contributed by atoms with Crippen molar-refractivity contribution in [2.24, 2.45) is 28.7 Å². The molecule has 5 unspecified atom stereocenters. The number of hydrogen-bond acceptors (Lipinski definition) is 12. The highest BCUT2D eigenvalue weighted by Crippen LogP contribution is 2.07. The molecular weight excluding hydrogens is 699 g/mol. The van der Waals surface area contributed by atoms with Crippen molar-refractivity contribution in [3.05, 3.63) is 0 Å². The van der Waals surface area contributed by atoms with Gasteiger partial charge in [-0.15, -0.1) is 0 Å². The lowest BCUT2D eigenvalue weighted by molar-refractivity contribution is -0.130. The monoisotopic (exact) mass is 780 g/mol. The molecule has 0 bridgehead atoms. The quantitative estimate of drug-likeness (QED) is 0.0374. The van der Waals surface area contributed by atoms with Gasteiger partial charge in [0.25, 0.3) is 0 Å². The normalized spacial score (nSPS) is 13.0. The molecule has 16 nitrogen and oxygen atoms in total. The van der Waals surface area contributed by atoms with E-state index in [-0.39, 0.29) is 29.5 Å². The highest BCUT2D eigenvalue weighted by molar-refractivity contribution is 7.79.